The molecule has 0 atom stereocenters. The first kappa shape index (κ1) is 10.6. The molecule has 0 unspecified atom stereocenters. The largest absolute Gasteiger partial charge is 0.0905 e. The average molecular weight is 242 g/mol. The molecule has 2 aromatic rings. The van der Waals surface area contributed by atoms with Gasteiger partial charge in [0.15, 0.2) is 0 Å². The predicted octanol–water partition coefficient (Wildman–Crippen LogP) is 4.93. The Balaban J connectivity index is 2.14. The van der Waals surface area contributed by atoms with Gasteiger partial charge in [-0.1, -0.05) is 67.3 Å². The standard InChI is InChI=1S/C19H14/c1-13-14-7-2-4-9-16(14)18-11-6-12-19(18)17-10-5-3-8-15(13)17/h2-11H,1,12H2. The highest BCUT2D eigenvalue weighted by atomic mass is 14.3. The number of allylic oxidation sites excluding steroid dienone is 4. The van der Waals surface area contributed by atoms with Crippen molar-refractivity contribution < 1.29 is 0 Å². The highest BCUT2D eigenvalue weighted by Crippen LogP contribution is 2.44. The molecule has 2 aliphatic carbocycles. The third kappa shape index (κ3) is 1.40. The maximum absolute atomic E-state index is 4.33. The van der Waals surface area contributed by atoms with Crippen molar-refractivity contribution in [3.8, 4) is 0 Å². The second-order valence-electron chi connectivity index (χ2n) is 5.07. The number of fused-ring (bicyclic) bond motifs is 4. The van der Waals surface area contributed by atoms with E-state index in [1.807, 2.05) is 0 Å². The molecule has 0 aliphatic heterocycles. The Hall–Kier alpha value is -2.34. The van der Waals surface area contributed by atoms with Crippen LogP contribution in [-0.2, 0) is 0 Å². The molecule has 0 saturated heterocycles. The first-order valence-electron chi connectivity index (χ1n) is 6.64. The molecule has 0 nitrogen and oxygen atoms in total. The van der Waals surface area contributed by atoms with Gasteiger partial charge in [0.2, 0.25) is 0 Å². The third-order valence-electron chi connectivity index (χ3n) is 4.05. The molecule has 2 aliphatic rings. The molecule has 4 rings (SSSR count). The van der Waals surface area contributed by atoms with Crippen LogP contribution in [0.1, 0.15) is 28.7 Å². The van der Waals surface area contributed by atoms with E-state index in [1.165, 1.54) is 33.4 Å². The zero-order valence-corrected chi connectivity index (χ0v) is 10.7. The summed E-state index contributed by atoms with van der Waals surface area (Å²) in [6.07, 6.45) is 5.53. The van der Waals surface area contributed by atoms with Gasteiger partial charge in [-0.05, 0) is 45.4 Å². The normalized spacial score (nSPS) is 15.9. The minimum absolute atomic E-state index is 1.02. The van der Waals surface area contributed by atoms with Crippen molar-refractivity contribution in [1.82, 2.24) is 0 Å². The number of hydrogen-bond donors (Lipinski definition) is 0. The molecule has 0 saturated carbocycles. The van der Waals surface area contributed by atoms with Crippen LogP contribution in [0.4, 0.5) is 0 Å². The predicted molar refractivity (Wildman–Crippen MR) is 81.6 cm³/mol. The van der Waals surface area contributed by atoms with Crippen LogP contribution >= 0.6 is 0 Å². The molecule has 0 bridgehead atoms. The molecular formula is C19H14. The van der Waals surface area contributed by atoms with Gasteiger partial charge in [0.05, 0.1) is 0 Å². The summed E-state index contributed by atoms with van der Waals surface area (Å²) in [5.74, 6) is 0. The smallest absolute Gasteiger partial charge is 0.00818 e. The van der Waals surface area contributed by atoms with Gasteiger partial charge in [0, 0.05) is 0 Å². The van der Waals surface area contributed by atoms with Crippen LogP contribution in [0.15, 0.2) is 67.3 Å². The third-order valence-corrected chi connectivity index (χ3v) is 4.05. The Kier molecular flexibility index (Phi) is 2.13. The van der Waals surface area contributed by atoms with E-state index in [0.29, 0.717) is 0 Å². The van der Waals surface area contributed by atoms with E-state index in [4.69, 9.17) is 0 Å². The topological polar surface area (TPSA) is 0 Å². The average Bonchev–Trinajstić information content (AvgIpc) is 2.92. The Bertz CT molecular complexity index is 757. The Morgan fingerprint density at radius 3 is 2.05 bits per heavy atom. The van der Waals surface area contributed by atoms with Crippen molar-refractivity contribution in [2.24, 2.45) is 0 Å². The molecule has 2 aromatic carbocycles. The molecule has 0 amide bonds. The lowest BCUT2D eigenvalue weighted by Crippen LogP contribution is -1.91. The quantitative estimate of drug-likeness (QED) is 0.614. The fourth-order valence-corrected chi connectivity index (χ4v) is 3.15. The molecule has 0 N–H and O–H groups in total. The van der Waals surface area contributed by atoms with Gasteiger partial charge in [-0.3, -0.25) is 0 Å². The number of benzene rings is 2. The van der Waals surface area contributed by atoms with Crippen molar-refractivity contribution in [1.29, 1.82) is 0 Å². The van der Waals surface area contributed by atoms with E-state index >= 15 is 0 Å². The van der Waals surface area contributed by atoms with Crippen molar-refractivity contribution in [2.45, 2.75) is 6.42 Å². The van der Waals surface area contributed by atoms with E-state index in [2.05, 4.69) is 67.3 Å². The lowest BCUT2D eigenvalue weighted by atomic mass is 9.93. The van der Waals surface area contributed by atoms with Crippen LogP contribution in [0.25, 0.3) is 16.7 Å². The van der Waals surface area contributed by atoms with Crippen LogP contribution in [-0.4, -0.2) is 0 Å². The maximum atomic E-state index is 4.33. The highest BCUT2D eigenvalue weighted by Gasteiger charge is 2.23. The van der Waals surface area contributed by atoms with Crippen LogP contribution in [0.5, 0.6) is 0 Å². The molecule has 0 spiro atoms. The molecule has 0 heterocycles. The van der Waals surface area contributed by atoms with Crippen LogP contribution < -0.4 is 0 Å². The fourth-order valence-electron chi connectivity index (χ4n) is 3.15. The summed E-state index contributed by atoms with van der Waals surface area (Å²) in [4.78, 5) is 0. The lowest BCUT2D eigenvalue weighted by molar-refractivity contribution is 1.42. The molecule has 0 aromatic heterocycles. The first-order valence-corrected chi connectivity index (χ1v) is 6.64. The van der Waals surface area contributed by atoms with Gasteiger partial charge < -0.3 is 0 Å². The molecule has 0 fully saturated rings. The SMILES string of the molecule is C=C1c2ccccc2C2=C(CC=C2)c2ccccc21. The van der Waals surface area contributed by atoms with Gasteiger partial charge in [0.25, 0.3) is 0 Å². The van der Waals surface area contributed by atoms with E-state index < -0.39 is 0 Å². The zero-order chi connectivity index (χ0) is 12.8. The second-order valence-corrected chi connectivity index (χ2v) is 5.07. The Labute approximate surface area is 113 Å². The van der Waals surface area contributed by atoms with Crippen molar-refractivity contribution in [2.75, 3.05) is 0 Å². The van der Waals surface area contributed by atoms with Gasteiger partial charge >= 0.3 is 0 Å². The van der Waals surface area contributed by atoms with Crippen molar-refractivity contribution >= 4 is 16.7 Å². The molecule has 90 valence electrons. The summed E-state index contributed by atoms with van der Waals surface area (Å²) < 4.78 is 0. The van der Waals surface area contributed by atoms with E-state index in [1.54, 1.807) is 0 Å². The number of rotatable bonds is 0. The maximum Gasteiger partial charge on any atom is -0.00818 e. The van der Waals surface area contributed by atoms with Gasteiger partial charge in [-0.15, -0.1) is 0 Å². The molecule has 19 heavy (non-hydrogen) atoms. The summed E-state index contributed by atoms with van der Waals surface area (Å²) in [6.45, 7) is 4.33. The number of hydrogen-bond acceptors (Lipinski definition) is 0. The summed E-state index contributed by atoms with van der Waals surface area (Å²) in [6, 6.07) is 17.2. The van der Waals surface area contributed by atoms with E-state index in [9.17, 15) is 0 Å². The van der Waals surface area contributed by atoms with Crippen LogP contribution in [0, 0.1) is 0 Å². The van der Waals surface area contributed by atoms with Crippen molar-refractivity contribution in [3.05, 3.63) is 89.5 Å². The second kappa shape index (κ2) is 3.83. The Morgan fingerprint density at radius 2 is 1.32 bits per heavy atom. The fraction of sp³-hybridized carbons (Fsp3) is 0.0526. The van der Waals surface area contributed by atoms with Crippen LogP contribution in [0.3, 0.4) is 0 Å². The summed E-state index contributed by atoms with van der Waals surface area (Å²) in [5.41, 5.74) is 9.10. The van der Waals surface area contributed by atoms with Crippen molar-refractivity contribution in [3.63, 3.8) is 0 Å². The van der Waals surface area contributed by atoms with Gasteiger partial charge in [-0.25, -0.2) is 0 Å². The summed E-state index contributed by atoms with van der Waals surface area (Å²) in [5, 5.41) is 0. The molecule has 0 heteroatoms. The first-order chi connectivity index (χ1) is 9.36. The summed E-state index contributed by atoms with van der Waals surface area (Å²) in [7, 11) is 0. The van der Waals surface area contributed by atoms with Gasteiger partial charge in [0.1, 0.15) is 0 Å². The zero-order valence-electron chi connectivity index (χ0n) is 10.7. The molecular weight excluding hydrogens is 228 g/mol. The summed E-state index contributed by atoms with van der Waals surface area (Å²) >= 11 is 0. The van der Waals surface area contributed by atoms with E-state index in [0.717, 1.165) is 12.0 Å². The monoisotopic (exact) mass is 242 g/mol. The van der Waals surface area contributed by atoms with Crippen LogP contribution in [0.2, 0.25) is 0 Å². The minimum Gasteiger partial charge on any atom is -0.0905 e. The lowest BCUT2D eigenvalue weighted by Gasteiger charge is -2.11. The van der Waals surface area contributed by atoms with Gasteiger partial charge in [-0.2, -0.15) is 0 Å². The minimum atomic E-state index is 1.02. The molecule has 0 radical (unpaired) electrons. The highest BCUT2D eigenvalue weighted by molar-refractivity contribution is 6.07. The Morgan fingerprint density at radius 1 is 0.737 bits per heavy atom. The van der Waals surface area contributed by atoms with E-state index in [-0.39, 0.29) is 0 Å².